The molecule has 14 heteroatoms. The van der Waals surface area contributed by atoms with Gasteiger partial charge >= 0.3 is 11.9 Å². The lowest BCUT2D eigenvalue weighted by Crippen LogP contribution is -2.53. The number of aromatic nitrogens is 1. The first-order valence-corrected chi connectivity index (χ1v) is 15.3. The zero-order chi connectivity index (χ0) is 31.6. The topological polar surface area (TPSA) is 147 Å². The maximum absolute atomic E-state index is 14.8. The number of aliphatic imine (C=N–C) groups is 2. The quantitative estimate of drug-likeness (QED) is 0.316. The molecule has 2 atom stereocenters. The van der Waals surface area contributed by atoms with Crippen molar-refractivity contribution < 1.29 is 23.8 Å². The van der Waals surface area contributed by atoms with Gasteiger partial charge < -0.3 is 25.0 Å². The van der Waals surface area contributed by atoms with E-state index < -0.39 is 23.4 Å². The highest BCUT2D eigenvalue weighted by molar-refractivity contribution is 7.11. The van der Waals surface area contributed by atoms with Crippen LogP contribution in [0.3, 0.4) is 0 Å². The molecule has 0 spiro atoms. The molecule has 44 heavy (non-hydrogen) atoms. The number of piperazine rings is 1. The number of fused-ring (bicyclic) bond motifs is 1. The first-order chi connectivity index (χ1) is 21.0. The van der Waals surface area contributed by atoms with Crippen molar-refractivity contribution in [1.29, 1.82) is 5.26 Å². The number of carboxylic acids is 1. The third-order valence-corrected chi connectivity index (χ3v) is 8.87. The van der Waals surface area contributed by atoms with E-state index in [2.05, 4.69) is 20.2 Å². The second kappa shape index (κ2) is 12.7. The summed E-state index contributed by atoms with van der Waals surface area (Å²) in [5.74, 6) is -0.881. The Morgan fingerprint density at radius 3 is 2.80 bits per heavy atom. The van der Waals surface area contributed by atoms with Gasteiger partial charge in [0.05, 0.1) is 23.6 Å². The molecule has 12 nitrogen and oxygen atoms in total. The van der Waals surface area contributed by atoms with E-state index in [9.17, 15) is 24.3 Å². The number of nitriles is 1. The van der Waals surface area contributed by atoms with E-state index >= 15 is 0 Å². The molecule has 2 N–H and O–H groups in total. The monoisotopic (exact) mass is 622 g/mol. The lowest BCUT2D eigenvalue weighted by Gasteiger charge is -2.38. The molecule has 0 radical (unpaired) electrons. The highest BCUT2D eigenvalue weighted by Crippen LogP contribution is 2.36. The molecular weight excluding hydrogens is 587 g/mol. The standard InChI is InChI=1S/C30H35FN8O4S/c1-5-43-27(40)23-22(35-25(26-33-9-12-44-26)36-24(23)20-7-6-8-21(31)18(20)2)15-37-10-11-39-19(13-37)14-38(29(39)34-17-32)16-30(3,4)28(41)42/h6-9,12,19,24H,5,10-11,13-16H2,1-4H3,(H,35,36)(H,41,42)/b34-29-. The Morgan fingerprint density at radius 2 is 2.11 bits per heavy atom. The smallest absolute Gasteiger partial charge is 0.338 e. The Hall–Kier alpha value is -4.35. The number of esters is 1. The molecular formula is C30H35FN8O4S. The molecule has 2 aromatic rings. The van der Waals surface area contributed by atoms with E-state index in [4.69, 9.17) is 9.73 Å². The number of benzene rings is 1. The fourth-order valence-corrected chi connectivity index (χ4v) is 6.44. The Labute approximate surface area is 259 Å². The number of carbonyl (C=O) groups is 2. The number of hydrogen-bond acceptors (Lipinski definition) is 10. The minimum absolute atomic E-state index is 0.0518. The van der Waals surface area contributed by atoms with Crippen LogP contribution in [-0.2, 0) is 14.3 Å². The second-order valence-electron chi connectivity index (χ2n) is 11.6. The summed E-state index contributed by atoms with van der Waals surface area (Å²) in [5, 5.41) is 24.9. The zero-order valence-electron chi connectivity index (χ0n) is 25.1. The molecule has 3 aliphatic rings. The molecule has 2 unspecified atom stereocenters. The average Bonchev–Trinajstić information content (AvgIpc) is 3.63. The summed E-state index contributed by atoms with van der Waals surface area (Å²) in [4.78, 5) is 44.8. The number of rotatable bonds is 9. The zero-order valence-corrected chi connectivity index (χ0v) is 25.9. The number of nitrogens with one attached hydrogen (secondary N) is 1. The van der Waals surface area contributed by atoms with Gasteiger partial charge in [0.25, 0.3) is 0 Å². The molecule has 0 amide bonds. The van der Waals surface area contributed by atoms with Crippen LogP contribution in [-0.4, -0.2) is 100 Å². The third kappa shape index (κ3) is 6.15. The summed E-state index contributed by atoms with van der Waals surface area (Å²) in [5.41, 5.74) is 0.836. The predicted octanol–water partition coefficient (Wildman–Crippen LogP) is 2.75. The van der Waals surface area contributed by atoms with Gasteiger partial charge in [-0.3, -0.25) is 14.7 Å². The molecule has 5 rings (SSSR count). The Morgan fingerprint density at radius 1 is 1.32 bits per heavy atom. The summed E-state index contributed by atoms with van der Waals surface area (Å²) in [7, 11) is 0. The molecule has 2 saturated heterocycles. The number of carboxylic acid groups (broad SMARTS) is 1. The summed E-state index contributed by atoms with van der Waals surface area (Å²) in [6.07, 6.45) is 3.55. The minimum Gasteiger partial charge on any atom is -0.481 e. The van der Waals surface area contributed by atoms with Gasteiger partial charge in [-0.1, -0.05) is 12.1 Å². The molecule has 1 aromatic heterocycles. The van der Waals surface area contributed by atoms with Gasteiger partial charge in [-0.15, -0.1) is 16.3 Å². The van der Waals surface area contributed by atoms with Crippen LogP contribution in [0, 0.1) is 29.6 Å². The van der Waals surface area contributed by atoms with Gasteiger partial charge in [-0.2, -0.15) is 5.26 Å². The van der Waals surface area contributed by atoms with Gasteiger partial charge in [-0.05, 0) is 44.9 Å². The molecule has 0 saturated carbocycles. The number of hydrogen-bond donors (Lipinski definition) is 2. The fourth-order valence-electron chi connectivity index (χ4n) is 5.85. The van der Waals surface area contributed by atoms with Crippen molar-refractivity contribution in [3.8, 4) is 6.19 Å². The SMILES string of the molecule is CCOC(=O)C1=C(CN2CCN3/C(=N\C#N)N(CC(C)(C)C(=O)O)CC3C2)NC(c2nccs2)=NC1c1cccc(F)c1C. The van der Waals surface area contributed by atoms with E-state index in [1.807, 2.05) is 21.4 Å². The van der Waals surface area contributed by atoms with Crippen molar-refractivity contribution >= 4 is 35.1 Å². The lowest BCUT2D eigenvalue weighted by molar-refractivity contribution is -0.147. The fraction of sp³-hybridized carbons (Fsp3) is 0.467. The molecule has 4 heterocycles. The van der Waals surface area contributed by atoms with Gasteiger partial charge in [0.2, 0.25) is 12.2 Å². The van der Waals surface area contributed by atoms with Crippen LogP contribution in [0.4, 0.5) is 4.39 Å². The van der Waals surface area contributed by atoms with Gasteiger partial charge in [0, 0.05) is 56.5 Å². The van der Waals surface area contributed by atoms with Gasteiger partial charge in [0.15, 0.2) is 10.8 Å². The number of guanidine groups is 1. The van der Waals surface area contributed by atoms with E-state index in [1.54, 1.807) is 46.0 Å². The molecule has 232 valence electrons. The van der Waals surface area contributed by atoms with Crippen molar-refractivity contribution in [3.63, 3.8) is 0 Å². The normalized spacial score (nSPS) is 21.5. The highest BCUT2D eigenvalue weighted by Gasteiger charge is 2.43. The Balaban J connectivity index is 1.47. The van der Waals surface area contributed by atoms with E-state index in [0.29, 0.717) is 71.9 Å². The number of carbonyl (C=O) groups excluding carboxylic acids is 1. The molecule has 1 aromatic carbocycles. The average molecular weight is 623 g/mol. The third-order valence-electron chi connectivity index (χ3n) is 8.10. The van der Waals surface area contributed by atoms with Crippen LogP contribution < -0.4 is 5.32 Å². The van der Waals surface area contributed by atoms with Gasteiger partial charge in [0.1, 0.15) is 11.9 Å². The predicted molar refractivity (Wildman–Crippen MR) is 162 cm³/mol. The summed E-state index contributed by atoms with van der Waals surface area (Å²) < 4.78 is 20.3. The minimum atomic E-state index is -1.04. The summed E-state index contributed by atoms with van der Waals surface area (Å²) in [6.45, 7) is 9.64. The van der Waals surface area contributed by atoms with Gasteiger partial charge in [-0.25, -0.2) is 14.2 Å². The van der Waals surface area contributed by atoms with Crippen molar-refractivity contribution in [1.82, 2.24) is 25.0 Å². The summed E-state index contributed by atoms with van der Waals surface area (Å²) in [6, 6.07) is 3.90. The number of amidine groups is 1. The Bertz CT molecular complexity index is 1560. The van der Waals surface area contributed by atoms with Crippen molar-refractivity contribution in [2.75, 3.05) is 45.9 Å². The first-order valence-electron chi connectivity index (χ1n) is 14.4. The Kier molecular flexibility index (Phi) is 8.98. The number of halogens is 1. The molecule has 2 fully saturated rings. The maximum Gasteiger partial charge on any atom is 0.338 e. The van der Waals surface area contributed by atoms with Crippen molar-refractivity contribution in [2.45, 2.75) is 39.8 Å². The van der Waals surface area contributed by atoms with Crippen LogP contribution >= 0.6 is 11.3 Å². The number of ether oxygens (including phenoxy) is 1. The van der Waals surface area contributed by atoms with Crippen LogP contribution in [0.5, 0.6) is 0 Å². The van der Waals surface area contributed by atoms with Crippen LogP contribution in [0.1, 0.15) is 42.9 Å². The lowest BCUT2D eigenvalue weighted by atomic mass is 9.92. The first kappa shape index (κ1) is 31.1. The van der Waals surface area contributed by atoms with E-state index in [0.717, 1.165) is 0 Å². The van der Waals surface area contributed by atoms with E-state index in [-0.39, 0.29) is 25.0 Å². The maximum atomic E-state index is 14.8. The van der Waals surface area contributed by atoms with Crippen LogP contribution in [0.2, 0.25) is 0 Å². The second-order valence-corrected chi connectivity index (χ2v) is 12.5. The van der Waals surface area contributed by atoms with Crippen LogP contribution in [0.15, 0.2) is 51.0 Å². The largest absolute Gasteiger partial charge is 0.481 e. The number of thiazole rings is 1. The molecule has 0 aliphatic carbocycles. The highest BCUT2D eigenvalue weighted by atomic mass is 32.1. The van der Waals surface area contributed by atoms with E-state index in [1.165, 1.54) is 17.4 Å². The number of aliphatic carboxylic acids is 1. The number of nitrogens with zero attached hydrogens (tertiary/aromatic N) is 7. The van der Waals surface area contributed by atoms with Crippen molar-refractivity contribution in [2.24, 2.45) is 15.4 Å². The van der Waals surface area contributed by atoms with Crippen LogP contribution in [0.25, 0.3) is 0 Å². The summed E-state index contributed by atoms with van der Waals surface area (Å²) >= 11 is 1.40. The molecule has 3 aliphatic heterocycles. The van der Waals surface area contributed by atoms with Crippen molar-refractivity contribution in [3.05, 3.63) is 63.0 Å². The molecule has 0 bridgehead atoms.